The molecule has 0 saturated carbocycles. The van der Waals surface area contributed by atoms with Crippen molar-refractivity contribution in [2.75, 3.05) is 60.0 Å². The van der Waals surface area contributed by atoms with Gasteiger partial charge in [-0.2, -0.15) is 9.29 Å². The van der Waals surface area contributed by atoms with Gasteiger partial charge in [0.05, 0.1) is 29.8 Å². The van der Waals surface area contributed by atoms with E-state index in [0.717, 1.165) is 57.4 Å². The maximum absolute atomic E-state index is 14.0. The fraction of sp³-hybridized carbons (Fsp3) is 0.568. The van der Waals surface area contributed by atoms with Crippen molar-refractivity contribution < 1.29 is 17.9 Å². The molecule has 3 saturated heterocycles. The molecule has 2 aromatic carbocycles. The second-order valence-electron chi connectivity index (χ2n) is 13.6. The summed E-state index contributed by atoms with van der Waals surface area (Å²) >= 11 is 0. The zero-order valence-electron chi connectivity index (χ0n) is 29.0. The topological polar surface area (TPSA) is 100 Å². The van der Waals surface area contributed by atoms with E-state index in [4.69, 9.17) is 14.5 Å². The molecule has 6 rings (SSSR count). The predicted molar refractivity (Wildman–Crippen MR) is 188 cm³/mol. The van der Waals surface area contributed by atoms with Crippen LogP contribution in [0.1, 0.15) is 73.4 Å². The van der Waals surface area contributed by atoms with Crippen LogP contribution < -0.4 is 14.8 Å². The van der Waals surface area contributed by atoms with Gasteiger partial charge in [0.1, 0.15) is 12.4 Å². The molecule has 2 atom stereocenters. The van der Waals surface area contributed by atoms with Gasteiger partial charge in [0.2, 0.25) is 10.0 Å². The molecule has 1 N–H and O–H groups in total. The summed E-state index contributed by atoms with van der Waals surface area (Å²) in [6.07, 6.45) is 8.95. The first-order valence-electron chi connectivity index (χ1n) is 17.6. The lowest BCUT2D eigenvalue weighted by Gasteiger charge is -2.49. The maximum atomic E-state index is 14.0. The molecule has 1 aromatic heterocycles. The third-order valence-corrected chi connectivity index (χ3v) is 13.0. The van der Waals surface area contributed by atoms with Crippen molar-refractivity contribution >= 4 is 10.0 Å². The molecule has 3 aliphatic heterocycles. The number of hydrogen-bond donors (Lipinski definition) is 1. The minimum atomic E-state index is -3.74. The molecule has 0 spiro atoms. The van der Waals surface area contributed by atoms with Gasteiger partial charge in [0.15, 0.2) is 0 Å². The van der Waals surface area contributed by atoms with Crippen LogP contribution in [0, 0.1) is 13.8 Å². The third kappa shape index (κ3) is 7.12. The Bertz CT molecular complexity index is 1600. The molecule has 0 radical (unpaired) electrons. The second kappa shape index (κ2) is 15.2. The van der Waals surface area contributed by atoms with E-state index in [9.17, 15) is 8.42 Å². The summed E-state index contributed by atoms with van der Waals surface area (Å²) in [5.74, 6) is 0.655. The van der Waals surface area contributed by atoms with E-state index in [1.54, 1.807) is 29.7 Å². The van der Waals surface area contributed by atoms with Crippen molar-refractivity contribution in [3.63, 3.8) is 0 Å². The average molecular weight is 677 g/mol. The molecule has 260 valence electrons. The quantitative estimate of drug-likeness (QED) is 0.282. The van der Waals surface area contributed by atoms with Crippen LogP contribution >= 0.6 is 0 Å². The molecule has 3 fully saturated rings. The first kappa shape index (κ1) is 34.8. The number of hydrogen-bond acceptors (Lipinski definition) is 9. The SMILES string of the molecule is CNCC(c1ccnc(OCC2CCCCN2S(=O)(=O)c2c(C)cc(OC)cc2C)n1)N1CCC(c2ccccc2)(N2CCCC2)CC1. The smallest absolute Gasteiger partial charge is 0.316 e. The first-order valence-corrected chi connectivity index (χ1v) is 19.0. The van der Waals surface area contributed by atoms with Crippen molar-refractivity contribution in [1.82, 2.24) is 29.4 Å². The molecular weight excluding hydrogens is 625 g/mol. The molecule has 0 aliphatic carbocycles. The number of sulfonamides is 1. The van der Waals surface area contributed by atoms with Gasteiger partial charge in [-0.05, 0) is 107 Å². The fourth-order valence-corrected chi connectivity index (χ4v) is 10.4. The summed E-state index contributed by atoms with van der Waals surface area (Å²) in [5.41, 5.74) is 3.80. The van der Waals surface area contributed by atoms with Crippen molar-refractivity contribution in [3.05, 3.63) is 77.1 Å². The highest BCUT2D eigenvalue weighted by Gasteiger charge is 2.43. The van der Waals surface area contributed by atoms with Crippen LogP contribution in [-0.2, 0) is 15.6 Å². The highest BCUT2D eigenvalue weighted by Crippen LogP contribution is 2.42. The Morgan fingerprint density at radius 2 is 1.65 bits per heavy atom. The highest BCUT2D eigenvalue weighted by molar-refractivity contribution is 7.89. The van der Waals surface area contributed by atoms with Gasteiger partial charge in [-0.25, -0.2) is 13.4 Å². The van der Waals surface area contributed by atoms with Crippen LogP contribution in [0.15, 0.2) is 59.6 Å². The molecule has 48 heavy (non-hydrogen) atoms. The van der Waals surface area contributed by atoms with E-state index in [1.807, 2.05) is 27.0 Å². The average Bonchev–Trinajstić information content (AvgIpc) is 3.66. The third-order valence-electron chi connectivity index (χ3n) is 10.7. The van der Waals surface area contributed by atoms with E-state index >= 15 is 0 Å². The van der Waals surface area contributed by atoms with E-state index in [1.165, 1.54) is 31.5 Å². The monoisotopic (exact) mass is 676 g/mol. The van der Waals surface area contributed by atoms with Gasteiger partial charge >= 0.3 is 6.01 Å². The Labute approximate surface area is 286 Å². The van der Waals surface area contributed by atoms with Crippen LogP contribution in [0.2, 0.25) is 0 Å². The van der Waals surface area contributed by atoms with E-state index in [0.29, 0.717) is 34.3 Å². The lowest BCUT2D eigenvalue weighted by molar-refractivity contribution is 0.0175. The van der Waals surface area contributed by atoms with Crippen molar-refractivity contribution in [2.24, 2.45) is 0 Å². The Morgan fingerprint density at radius 1 is 0.958 bits per heavy atom. The summed E-state index contributed by atoms with van der Waals surface area (Å²) in [6, 6.07) is 16.7. The largest absolute Gasteiger partial charge is 0.497 e. The molecule has 4 heterocycles. The van der Waals surface area contributed by atoms with Crippen molar-refractivity contribution in [1.29, 1.82) is 0 Å². The normalized spacial score (nSPS) is 21.6. The number of nitrogens with one attached hydrogen (secondary N) is 1. The fourth-order valence-electron chi connectivity index (χ4n) is 8.29. The second-order valence-corrected chi connectivity index (χ2v) is 15.5. The van der Waals surface area contributed by atoms with Crippen LogP contribution in [0.3, 0.4) is 0 Å². The van der Waals surface area contributed by atoms with Gasteiger partial charge in [0.25, 0.3) is 0 Å². The van der Waals surface area contributed by atoms with Crippen LogP contribution in [0.25, 0.3) is 0 Å². The summed E-state index contributed by atoms with van der Waals surface area (Å²) in [7, 11) is -0.164. The predicted octanol–water partition coefficient (Wildman–Crippen LogP) is 5.07. The summed E-state index contributed by atoms with van der Waals surface area (Å²) in [4.78, 5) is 15.0. The van der Waals surface area contributed by atoms with Crippen LogP contribution in [0.5, 0.6) is 11.8 Å². The van der Waals surface area contributed by atoms with Gasteiger partial charge in [-0.3, -0.25) is 9.80 Å². The number of nitrogens with zero attached hydrogens (tertiary/aromatic N) is 5. The summed E-state index contributed by atoms with van der Waals surface area (Å²) in [5, 5.41) is 3.39. The standard InChI is InChI=1S/C37H52N6O4S/c1-28-24-32(46-4)25-29(2)35(28)48(44,45)43-21-9-8-14-31(43)27-47-36-39-18-15-33(40-36)34(26-38-3)41-22-16-37(17-23-41,42-19-10-11-20-42)30-12-6-5-7-13-30/h5-7,12-13,15,18,24-25,31,34,38H,8-11,14,16-17,19-23,26-27H2,1-4H3. The molecule has 11 heteroatoms. The molecule has 0 bridgehead atoms. The van der Waals surface area contributed by atoms with E-state index < -0.39 is 10.0 Å². The van der Waals surface area contributed by atoms with Gasteiger partial charge in [-0.1, -0.05) is 36.8 Å². The Morgan fingerprint density at radius 3 is 2.31 bits per heavy atom. The number of ether oxygens (including phenoxy) is 2. The molecular formula is C37H52N6O4S. The number of piperidine rings is 2. The van der Waals surface area contributed by atoms with E-state index in [2.05, 4.69) is 50.4 Å². The summed E-state index contributed by atoms with van der Waals surface area (Å²) < 4.78 is 41.3. The lowest BCUT2D eigenvalue weighted by Crippen LogP contribution is -2.53. The van der Waals surface area contributed by atoms with E-state index in [-0.39, 0.29) is 24.2 Å². The molecule has 3 aromatic rings. The zero-order chi connectivity index (χ0) is 33.7. The number of likely N-dealkylation sites (tertiary alicyclic amines) is 2. The molecule has 3 aliphatic rings. The van der Waals surface area contributed by atoms with Gasteiger partial charge < -0.3 is 14.8 Å². The Balaban J connectivity index is 1.16. The van der Waals surface area contributed by atoms with Crippen molar-refractivity contribution in [3.8, 4) is 11.8 Å². The lowest BCUT2D eigenvalue weighted by atomic mass is 9.79. The molecule has 10 nitrogen and oxygen atoms in total. The van der Waals surface area contributed by atoms with Gasteiger partial charge in [0, 0.05) is 37.9 Å². The van der Waals surface area contributed by atoms with Gasteiger partial charge in [-0.15, -0.1) is 0 Å². The first-order chi connectivity index (χ1) is 23.3. The molecule has 0 amide bonds. The van der Waals surface area contributed by atoms with Crippen LogP contribution in [-0.4, -0.2) is 98.6 Å². The number of aryl methyl sites for hydroxylation is 2. The number of aromatic nitrogens is 2. The molecule has 2 unspecified atom stereocenters. The minimum Gasteiger partial charge on any atom is -0.497 e. The van der Waals surface area contributed by atoms with Crippen molar-refractivity contribution in [2.45, 2.75) is 81.3 Å². The number of rotatable bonds is 12. The number of likely N-dealkylation sites (N-methyl/N-ethyl adjacent to an activating group) is 1. The number of benzene rings is 2. The number of methoxy groups -OCH3 is 1. The zero-order valence-corrected chi connectivity index (χ0v) is 29.8. The highest BCUT2D eigenvalue weighted by atomic mass is 32.2. The Hall–Kier alpha value is -3.09. The Kier molecular flexibility index (Phi) is 11.0. The van der Waals surface area contributed by atoms with Crippen LogP contribution in [0.4, 0.5) is 0 Å². The summed E-state index contributed by atoms with van der Waals surface area (Å²) in [6.45, 7) is 9.35. The minimum absolute atomic E-state index is 0.0697. The maximum Gasteiger partial charge on any atom is 0.316 e.